The van der Waals surface area contributed by atoms with E-state index in [-0.39, 0.29) is 5.60 Å². The molecule has 14 heavy (non-hydrogen) atoms. The first-order valence-electron chi connectivity index (χ1n) is 4.47. The van der Waals surface area contributed by atoms with Crippen LogP contribution in [0.25, 0.3) is 0 Å². The Morgan fingerprint density at radius 3 is 2.64 bits per heavy atom. The molecule has 0 aliphatic heterocycles. The summed E-state index contributed by atoms with van der Waals surface area (Å²) < 4.78 is 1.81. The van der Waals surface area contributed by atoms with E-state index < -0.39 is 0 Å². The van der Waals surface area contributed by atoms with E-state index in [1.165, 1.54) is 0 Å². The maximum Gasteiger partial charge on any atom is 0.128 e. The summed E-state index contributed by atoms with van der Waals surface area (Å²) in [6.45, 7) is 6.47. The summed E-state index contributed by atoms with van der Waals surface area (Å²) in [4.78, 5) is 9.47. The van der Waals surface area contributed by atoms with Gasteiger partial charge >= 0.3 is 0 Å². The van der Waals surface area contributed by atoms with Crippen LogP contribution >= 0.6 is 11.6 Å². The molecule has 0 aliphatic rings. The third-order valence-corrected chi connectivity index (χ3v) is 1.99. The van der Waals surface area contributed by atoms with Gasteiger partial charge in [0.1, 0.15) is 11.0 Å². The highest BCUT2D eigenvalue weighted by molar-refractivity contribution is 6.29. The van der Waals surface area contributed by atoms with E-state index in [0.717, 1.165) is 5.82 Å². The molecule has 0 aliphatic carbocycles. The Morgan fingerprint density at radius 1 is 1.57 bits per heavy atom. The highest BCUT2D eigenvalue weighted by atomic mass is 35.5. The molecule has 1 aromatic heterocycles. The molecule has 0 radical (unpaired) electrons. The van der Waals surface area contributed by atoms with Gasteiger partial charge in [-0.15, -0.1) is 0 Å². The average molecular weight is 218 g/mol. The van der Waals surface area contributed by atoms with Crippen LogP contribution in [0.1, 0.15) is 26.6 Å². The Bertz CT molecular complexity index is 303. The van der Waals surface area contributed by atoms with Gasteiger partial charge in [-0.25, -0.2) is 4.98 Å². The van der Waals surface area contributed by atoms with Gasteiger partial charge in [0.25, 0.3) is 0 Å². The van der Waals surface area contributed by atoms with E-state index in [2.05, 4.69) is 10.5 Å². The molecule has 1 heterocycles. The van der Waals surface area contributed by atoms with Crippen molar-refractivity contribution in [2.45, 2.75) is 32.9 Å². The van der Waals surface area contributed by atoms with Crippen LogP contribution in [-0.4, -0.2) is 15.2 Å². The second-order valence-electron chi connectivity index (χ2n) is 4.09. The molecule has 0 amide bonds. The topological polar surface area (TPSA) is 39.1 Å². The number of hydrogen-bond acceptors (Lipinski definition) is 3. The van der Waals surface area contributed by atoms with Crippen molar-refractivity contribution < 1.29 is 4.84 Å². The van der Waals surface area contributed by atoms with Gasteiger partial charge in [0, 0.05) is 7.05 Å². The molecule has 0 saturated carbocycles. The van der Waals surface area contributed by atoms with Gasteiger partial charge in [-0.2, -0.15) is 5.48 Å². The normalized spacial score (nSPS) is 12.1. The van der Waals surface area contributed by atoms with E-state index in [1.807, 2.05) is 27.8 Å². The minimum atomic E-state index is -0.199. The van der Waals surface area contributed by atoms with Crippen molar-refractivity contribution in [3.8, 4) is 0 Å². The molecule has 0 saturated heterocycles. The molecule has 0 spiro atoms. The number of nitrogens with zero attached hydrogens (tertiary/aromatic N) is 2. The standard InChI is InChI=1S/C9H16ClN3O/c1-9(2,3)14-12-6-8-11-5-7(10)13(8)4/h5,12H,6H2,1-4H3. The van der Waals surface area contributed by atoms with Crippen LogP contribution in [0.4, 0.5) is 0 Å². The number of nitrogens with one attached hydrogen (secondary N) is 1. The molecule has 1 aromatic rings. The minimum Gasteiger partial charge on any atom is -0.321 e. The summed E-state index contributed by atoms with van der Waals surface area (Å²) >= 11 is 5.83. The van der Waals surface area contributed by atoms with Gasteiger partial charge in [0.05, 0.1) is 18.3 Å². The van der Waals surface area contributed by atoms with Crippen LogP contribution in [0.15, 0.2) is 6.20 Å². The summed E-state index contributed by atoms with van der Waals surface area (Å²) in [5, 5.41) is 0.623. The first kappa shape index (κ1) is 11.5. The zero-order chi connectivity index (χ0) is 10.8. The summed E-state index contributed by atoms with van der Waals surface area (Å²) in [6.07, 6.45) is 1.62. The lowest BCUT2D eigenvalue weighted by molar-refractivity contribution is -0.0767. The van der Waals surface area contributed by atoms with E-state index in [0.29, 0.717) is 11.7 Å². The Kier molecular flexibility index (Phi) is 3.53. The number of hydrogen-bond donors (Lipinski definition) is 1. The lowest BCUT2D eigenvalue weighted by atomic mass is 10.2. The lowest BCUT2D eigenvalue weighted by Gasteiger charge is -2.19. The summed E-state index contributed by atoms with van der Waals surface area (Å²) in [5.74, 6) is 0.847. The van der Waals surface area contributed by atoms with E-state index in [4.69, 9.17) is 16.4 Å². The van der Waals surface area contributed by atoms with E-state index in [9.17, 15) is 0 Å². The Balaban J connectivity index is 2.43. The van der Waals surface area contributed by atoms with Gasteiger partial charge in [-0.05, 0) is 20.8 Å². The first-order valence-corrected chi connectivity index (χ1v) is 4.85. The monoisotopic (exact) mass is 217 g/mol. The Hall–Kier alpha value is -0.580. The molecule has 80 valence electrons. The molecule has 0 aromatic carbocycles. The predicted octanol–water partition coefficient (Wildman–Crippen LogP) is 1.89. The van der Waals surface area contributed by atoms with Crippen LogP contribution in [0.3, 0.4) is 0 Å². The van der Waals surface area contributed by atoms with Crippen molar-refractivity contribution >= 4 is 11.6 Å². The molecule has 0 bridgehead atoms. The third-order valence-electron chi connectivity index (χ3n) is 1.64. The van der Waals surface area contributed by atoms with Crippen molar-refractivity contribution in [2.24, 2.45) is 7.05 Å². The molecular weight excluding hydrogens is 202 g/mol. The van der Waals surface area contributed by atoms with E-state index >= 15 is 0 Å². The van der Waals surface area contributed by atoms with Crippen LogP contribution in [0.5, 0.6) is 0 Å². The molecule has 1 N–H and O–H groups in total. The maximum atomic E-state index is 5.83. The number of aromatic nitrogens is 2. The largest absolute Gasteiger partial charge is 0.321 e. The van der Waals surface area contributed by atoms with Crippen molar-refractivity contribution in [2.75, 3.05) is 0 Å². The van der Waals surface area contributed by atoms with Crippen LogP contribution in [0.2, 0.25) is 5.15 Å². The first-order chi connectivity index (χ1) is 6.40. The maximum absolute atomic E-state index is 5.83. The van der Waals surface area contributed by atoms with Gasteiger partial charge < -0.3 is 4.57 Å². The summed E-state index contributed by atoms with van der Waals surface area (Å²) in [6, 6.07) is 0. The zero-order valence-electron chi connectivity index (χ0n) is 8.97. The molecule has 4 nitrogen and oxygen atoms in total. The van der Waals surface area contributed by atoms with Gasteiger partial charge in [0.15, 0.2) is 0 Å². The number of rotatable bonds is 3. The quantitative estimate of drug-likeness (QED) is 0.786. The molecular formula is C9H16ClN3O. The SMILES string of the molecule is Cn1c(Cl)cnc1CNOC(C)(C)C. The third kappa shape index (κ3) is 3.29. The second-order valence-corrected chi connectivity index (χ2v) is 4.48. The molecule has 5 heteroatoms. The molecule has 1 rings (SSSR count). The highest BCUT2D eigenvalue weighted by Crippen LogP contribution is 2.09. The summed E-state index contributed by atoms with van der Waals surface area (Å²) in [7, 11) is 1.86. The van der Waals surface area contributed by atoms with Crippen molar-refractivity contribution in [1.29, 1.82) is 0 Å². The fraction of sp³-hybridized carbons (Fsp3) is 0.667. The Morgan fingerprint density at radius 2 is 2.21 bits per heavy atom. The van der Waals surface area contributed by atoms with Crippen LogP contribution < -0.4 is 5.48 Å². The number of hydroxylamine groups is 1. The van der Waals surface area contributed by atoms with Crippen molar-refractivity contribution in [3.05, 3.63) is 17.2 Å². The Labute approximate surface area is 89.2 Å². The fourth-order valence-electron chi connectivity index (χ4n) is 0.906. The predicted molar refractivity (Wildman–Crippen MR) is 55.9 cm³/mol. The van der Waals surface area contributed by atoms with Gasteiger partial charge in [-0.1, -0.05) is 11.6 Å². The molecule has 0 fully saturated rings. The zero-order valence-corrected chi connectivity index (χ0v) is 9.72. The van der Waals surface area contributed by atoms with Gasteiger partial charge in [0.2, 0.25) is 0 Å². The molecule has 0 atom stereocenters. The van der Waals surface area contributed by atoms with Gasteiger partial charge in [-0.3, -0.25) is 4.84 Å². The average Bonchev–Trinajstić information content (AvgIpc) is 2.33. The summed E-state index contributed by atoms with van der Waals surface area (Å²) in [5.41, 5.74) is 2.65. The fourth-order valence-corrected chi connectivity index (χ4v) is 1.05. The lowest BCUT2D eigenvalue weighted by Crippen LogP contribution is -2.29. The smallest absolute Gasteiger partial charge is 0.128 e. The van der Waals surface area contributed by atoms with Crippen molar-refractivity contribution in [3.63, 3.8) is 0 Å². The highest BCUT2D eigenvalue weighted by Gasteiger charge is 2.11. The molecule has 0 unspecified atom stereocenters. The number of halogens is 1. The van der Waals surface area contributed by atoms with Crippen molar-refractivity contribution in [1.82, 2.24) is 15.0 Å². The van der Waals surface area contributed by atoms with Crippen LogP contribution in [0, 0.1) is 0 Å². The van der Waals surface area contributed by atoms with Crippen LogP contribution in [-0.2, 0) is 18.4 Å². The second kappa shape index (κ2) is 4.29. The van der Waals surface area contributed by atoms with E-state index in [1.54, 1.807) is 10.8 Å². The number of imidazole rings is 1. The minimum absolute atomic E-state index is 0.199.